The Balaban J connectivity index is 0. The van der Waals surface area contributed by atoms with Crippen LogP contribution in [0.15, 0.2) is 12.7 Å². The summed E-state index contributed by atoms with van der Waals surface area (Å²) in [5.74, 6) is -0.570. The van der Waals surface area contributed by atoms with Crippen LogP contribution in [0.4, 0.5) is 0 Å². The van der Waals surface area contributed by atoms with Crippen molar-refractivity contribution in [2.75, 3.05) is 6.61 Å². The van der Waals surface area contributed by atoms with Gasteiger partial charge in [-0.15, -0.1) is 0 Å². The van der Waals surface area contributed by atoms with Crippen molar-refractivity contribution in [3.8, 4) is 0 Å². The molecule has 0 saturated carbocycles. The molecular formula is C15H28O4S. The Morgan fingerprint density at radius 2 is 1.60 bits per heavy atom. The number of carbonyl (C=O) groups is 2. The molecule has 118 valence electrons. The second-order valence-electron chi connectivity index (χ2n) is 4.29. The summed E-state index contributed by atoms with van der Waals surface area (Å²) in [6.07, 6.45) is 10.4. The average Bonchev–Trinajstić information content (AvgIpc) is 2.46. The fraction of sp³-hybridized carbons (Fsp3) is 0.733. The van der Waals surface area contributed by atoms with Crippen molar-refractivity contribution in [1.82, 2.24) is 0 Å². The largest absolute Gasteiger partial charge is 0.466 e. The lowest BCUT2D eigenvalue weighted by molar-refractivity contribution is -0.143. The molecule has 0 radical (unpaired) electrons. The van der Waals surface area contributed by atoms with Gasteiger partial charge in [-0.2, -0.15) is 0 Å². The van der Waals surface area contributed by atoms with Crippen LogP contribution in [0, 0.1) is 0 Å². The van der Waals surface area contributed by atoms with Gasteiger partial charge in [0.05, 0.1) is 6.61 Å². The molecule has 0 spiro atoms. The maximum absolute atomic E-state index is 11.0. The number of esters is 1. The predicted octanol–water partition coefficient (Wildman–Crippen LogP) is 4.25. The topological polar surface area (TPSA) is 52.6 Å². The van der Waals surface area contributed by atoms with E-state index in [0.29, 0.717) is 13.0 Å². The highest BCUT2D eigenvalue weighted by molar-refractivity contribution is 7.75. The van der Waals surface area contributed by atoms with Crippen LogP contribution in [-0.4, -0.2) is 18.5 Å². The van der Waals surface area contributed by atoms with E-state index in [0.717, 1.165) is 12.5 Å². The summed E-state index contributed by atoms with van der Waals surface area (Å²) < 4.78 is 8.68. The third-order valence-corrected chi connectivity index (χ3v) is 2.73. The van der Waals surface area contributed by atoms with Crippen molar-refractivity contribution >= 4 is 24.8 Å². The van der Waals surface area contributed by atoms with Crippen LogP contribution >= 0.6 is 12.9 Å². The normalized spacial score (nSPS) is 9.15. The molecule has 0 aliphatic carbocycles. The number of unbranched alkanes of at least 4 members (excludes halogenated alkanes) is 6. The maximum atomic E-state index is 11.0. The highest BCUT2D eigenvalue weighted by Crippen LogP contribution is 2.08. The molecular weight excluding hydrogens is 276 g/mol. The third-order valence-electron chi connectivity index (χ3n) is 2.55. The summed E-state index contributed by atoms with van der Waals surface area (Å²) in [6.45, 7) is 7.69. The number of hydrogen-bond acceptors (Lipinski definition) is 5. The van der Waals surface area contributed by atoms with Gasteiger partial charge in [0, 0.05) is 25.4 Å². The fourth-order valence-corrected chi connectivity index (χ4v) is 1.57. The SMILES string of the molecule is C=CC(=O)OS.CCCCCCCCCC(=O)OCC. The molecule has 0 amide bonds. The molecule has 0 atom stereocenters. The minimum Gasteiger partial charge on any atom is -0.466 e. The van der Waals surface area contributed by atoms with Crippen LogP contribution in [0.25, 0.3) is 0 Å². The van der Waals surface area contributed by atoms with Gasteiger partial charge in [-0.1, -0.05) is 52.0 Å². The van der Waals surface area contributed by atoms with Crippen molar-refractivity contribution in [3.05, 3.63) is 12.7 Å². The maximum Gasteiger partial charge on any atom is 0.341 e. The minimum absolute atomic E-state index is 0.0407. The standard InChI is InChI=1S/C12H24O2.C3H4O2S/c1-3-5-6-7-8-9-10-11-12(13)14-4-2;1-2-3(4)5-6/h3-11H2,1-2H3;2,6H,1H2. The van der Waals surface area contributed by atoms with Crippen LogP contribution in [0.2, 0.25) is 0 Å². The first-order valence-corrected chi connectivity index (χ1v) is 7.62. The molecule has 0 aromatic rings. The van der Waals surface area contributed by atoms with E-state index in [-0.39, 0.29) is 5.97 Å². The zero-order chi connectivity index (χ0) is 15.6. The first kappa shape index (κ1) is 21.3. The van der Waals surface area contributed by atoms with Gasteiger partial charge in [-0.25, -0.2) is 4.79 Å². The molecule has 0 aromatic carbocycles. The van der Waals surface area contributed by atoms with Gasteiger partial charge in [-0.05, 0) is 13.3 Å². The van der Waals surface area contributed by atoms with E-state index >= 15 is 0 Å². The van der Waals surface area contributed by atoms with Crippen LogP contribution in [0.5, 0.6) is 0 Å². The number of carbonyl (C=O) groups excluding carboxylic acids is 2. The molecule has 20 heavy (non-hydrogen) atoms. The van der Waals surface area contributed by atoms with Crippen LogP contribution in [0.3, 0.4) is 0 Å². The van der Waals surface area contributed by atoms with Crippen molar-refractivity contribution in [2.45, 2.75) is 65.2 Å². The average molecular weight is 304 g/mol. The predicted molar refractivity (Wildman–Crippen MR) is 84.5 cm³/mol. The molecule has 4 nitrogen and oxygen atoms in total. The van der Waals surface area contributed by atoms with Crippen molar-refractivity contribution in [2.24, 2.45) is 0 Å². The molecule has 5 heteroatoms. The van der Waals surface area contributed by atoms with Crippen molar-refractivity contribution < 1.29 is 18.5 Å². The van der Waals surface area contributed by atoms with Gasteiger partial charge in [-0.3, -0.25) is 4.79 Å². The van der Waals surface area contributed by atoms with E-state index in [1.54, 1.807) is 0 Å². The summed E-state index contributed by atoms with van der Waals surface area (Å²) in [6, 6.07) is 0. The molecule has 0 heterocycles. The van der Waals surface area contributed by atoms with Crippen molar-refractivity contribution in [3.63, 3.8) is 0 Å². The molecule has 0 bridgehead atoms. The lowest BCUT2D eigenvalue weighted by Gasteiger charge is -2.01. The number of ether oxygens (including phenoxy) is 1. The first-order chi connectivity index (χ1) is 9.62. The lowest BCUT2D eigenvalue weighted by Crippen LogP contribution is -2.03. The lowest BCUT2D eigenvalue weighted by atomic mass is 10.1. The van der Waals surface area contributed by atoms with Gasteiger partial charge in [0.1, 0.15) is 0 Å². The van der Waals surface area contributed by atoms with E-state index in [2.05, 4.69) is 30.6 Å². The van der Waals surface area contributed by atoms with Gasteiger partial charge in [0.15, 0.2) is 0 Å². The Morgan fingerprint density at radius 3 is 2.00 bits per heavy atom. The van der Waals surface area contributed by atoms with E-state index in [9.17, 15) is 9.59 Å². The molecule has 0 rings (SSSR count). The smallest absolute Gasteiger partial charge is 0.341 e. The van der Waals surface area contributed by atoms with Gasteiger partial charge in [0.2, 0.25) is 0 Å². The highest BCUT2D eigenvalue weighted by Gasteiger charge is 2.00. The molecule has 0 N–H and O–H groups in total. The van der Waals surface area contributed by atoms with E-state index in [1.807, 2.05) is 6.92 Å². The van der Waals surface area contributed by atoms with Crippen LogP contribution in [-0.2, 0) is 18.5 Å². The Kier molecular flexibility index (Phi) is 19.2. The van der Waals surface area contributed by atoms with Crippen LogP contribution < -0.4 is 0 Å². The zero-order valence-electron chi connectivity index (χ0n) is 12.7. The fourth-order valence-electron chi connectivity index (χ4n) is 1.50. The Bertz CT molecular complexity index is 254. The van der Waals surface area contributed by atoms with Crippen LogP contribution in [0.1, 0.15) is 65.2 Å². The summed E-state index contributed by atoms with van der Waals surface area (Å²) >= 11 is 3.17. The second kappa shape index (κ2) is 18.0. The Morgan fingerprint density at radius 1 is 1.05 bits per heavy atom. The van der Waals surface area contributed by atoms with E-state index in [4.69, 9.17) is 4.74 Å². The van der Waals surface area contributed by atoms with Gasteiger partial charge < -0.3 is 8.92 Å². The van der Waals surface area contributed by atoms with Gasteiger partial charge in [0.25, 0.3) is 0 Å². The molecule has 0 aliphatic heterocycles. The zero-order valence-corrected chi connectivity index (χ0v) is 13.6. The number of thiol groups is 1. The summed E-state index contributed by atoms with van der Waals surface area (Å²) in [5, 5.41) is 0. The second-order valence-corrected chi connectivity index (χ2v) is 4.47. The van der Waals surface area contributed by atoms with E-state index < -0.39 is 5.97 Å². The number of rotatable bonds is 10. The molecule has 0 aliphatic rings. The minimum atomic E-state index is -0.529. The summed E-state index contributed by atoms with van der Waals surface area (Å²) in [7, 11) is 0. The quantitative estimate of drug-likeness (QED) is 0.215. The molecule has 0 unspecified atom stereocenters. The van der Waals surface area contributed by atoms with Crippen molar-refractivity contribution in [1.29, 1.82) is 0 Å². The first-order valence-electron chi connectivity index (χ1n) is 7.25. The molecule has 0 saturated heterocycles. The monoisotopic (exact) mass is 304 g/mol. The third kappa shape index (κ3) is 19.4. The molecule has 0 fully saturated rings. The van der Waals surface area contributed by atoms with E-state index in [1.165, 1.54) is 38.5 Å². The number of hydrogen-bond donors (Lipinski definition) is 1. The molecule has 0 aromatic heterocycles. The van der Waals surface area contributed by atoms with Gasteiger partial charge >= 0.3 is 11.9 Å². The highest BCUT2D eigenvalue weighted by atomic mass is 32.1. The summed E-state index contributed by atoms with van der Waals surface area (Å²) in [5.41, 5.74) is 0. The Hall–Kier alpha value is -0.970. The Labute approximate surface area is 128 Å². The summed E-state index contributed by atoms with van der Waals surface area (Å²) in [4.78, 5) is 20.7.